The number of carbonyl (C=O) groups excluding carboxylic acids is 1. The van der Waals surface area contributed by atoms with Crippen LogP contribution in [0.4, 0.5) is 4.39 Å². The van der Waals surface area contributed by atoms with Gasteiger partial charge in [0.1, 0.15) is 25.1 Å². The summed E-state index contributed by atoms with van der Waals surface area (Å²) in [6.45, 7) is 3.38. The summed E-state index contributed by atoms with van der Waals surface area (Å²) in [7, 11) is -0.873. The number of likely N-dealkylation sites (N-methyl/N-ethyl adjacent to an activating group) is 1. The number of benzene rings is 1. The van der Waals surface area contributed by atoms with Crippen LogP contribution >= 0.6 is 0 Å². The minimum absolute atomic E-state index is 0.0438. The van der Waals surface area contributed by atoms with E-state index in [4.69, 9.17) is 9.88 Å². The number of hydrogen-bond acceptors (Lipinski definition) is 6. The molecule has 0 aliphatic rings. The molecule has 1 aromatic rings. The summed E-state index contributed by atoms with van der Waals surface area (Å²) in [5, 5.41) is 18.2. The predicted octanol–water partition coefficient (Wildman–Crippen LogP) is -0.00850. The molecule has 0 fully saturated rings. The number of halogens is 1. The lowest BCUT2D eigenvalue weighted by atomic mass is 10.1. The smallest absolute Gasteiger partial charge is 0.367 e. The van der Waals surface area contributed by atoms with Crippen LogP contribution in [0.5, 0.6) is 0 Å². The Labute approximate surface area is 153 Å². The Bertz CT molecular complexity index is 737. The molecule has 8 nitrogen and oxygen atoms in total. The van der Waals surface area contributed by atoms with Crippen LogP contribution in [0, 0.1) is 5.82 Å². The quantitative estimate of drug-likeness (QED) is 0.402. The third kappa shape index (κ3) is 6.61. The lowest BCUT2D eigenvalue weighted by molar-refractivity contribution is -0.767. The van der Waals surface area contributed by atoms with E-state index in [-0.39, 0.29) is 25.3 Å². The van der Waals surface area contributed by atoms with Gasteiger partial charge >= 0.3 is 16.2 Å². The van der Waals surface area contributed by atoms with E-state index in [1.807, 2.05) is 0 Å². The minimum atomic E-state index is -3.80. The number of ether oxygens (including phenoxy) is 1. The van der Waals surface area contributed by atoms with Gasteiger partial charge in [0.15, 0.2) is 0 Å². The number of rotatable bonds is 9. The second kappa shape index (κ2) is 8.40. The van der Waals surface area contributed by atoms with Gasteiger partial charge in [-0.25, -0.2) is 13.1 Å². The molecule has 1 rings (SSSR count). The number of aliphatic hydroxyl groups excluding tert-OH is 1. The van der Waals surface area contributed by atoms with Gasteiger partial charge in [0.25, 0.3) is 0 Å². The lowest BCUT2D eigenvalue weighted by Gasteiger charge is -2.35. The van der Waals surface area contributed by atoms with Gasteiger partial charge in [-0.05, 0) is 26.0 Å². The van der Waals surface area contributed by atoms with Gasteiger partial charge < -0.3 is 15.2 Å². The minimum Gasteiger partial charge on any atom is -0.459 e. The largest absolute Gasteiger partial charge is 0.459 e. The molecule has 0 saturated heterocycles. The number of β-amino-alcohol motifs (C(OH)–C–C–N with tert-alkyl or cyclic N) is 1. The number of esters is 1. The molecule has 1 unspecified atom stereocenters. The van der Waals surface area contributed by atoms with Crippen LogP contribution in [-0.4, -0.2) is 68.8 Å². The van der Waals surface area contributed by atoms with Crippen molar-refractivity contribution in [3.63, 3.8) is 0 Å². The zero-order chi connectivity index (χ0) is 20.2. The Hall–Kier alpha value is -1.59. The van der Waals surface area contributed by atoms with E-state index in [2.05, 4.69) is 5.32 Å². The van der Waals surface area contributed by atoms with E-state index in [1.54, 1.807) is 13.8 Å². The number of aliphatic hydroxyl groups is 1. The summed E-state index contributed by atoms with van der Waals surface area (Å²) >= 11 is 0. The summed E-state index contributed by atoms with van der Waals surface area (Å²) in [5.41, 5.74) is -0.882. The van der Waals surface area contributed by atoms with Crippen LogP contribution in [0.3, 0.4) is 0 Å². The average molecular weight is 392 g/mol. The van der Waals surface area contributed by atoms with Crippen molar-refractivity contribution in [2.45, 2.75) is 25.5 Å². The first-order valence-corrected chi connectivity index (χ1v) is 9.46. The maximum Gasteiger partial charge on any atom is 0.367 e. The standard InChI is InChI=1S/C16H27FN3O5S/c1-16(2,11-20(3,4)26(18,23)24)19-9-12(21)10-25-15(22)13-7-5-6-8-14(13)17/h5-8,12,19,21H,9-11H2,1-4H3,(H2,18,23,24)/q+1. The topological polar surface area (TPSA) is 119 Å². The van der Waals surface area contributed by atoms with Crippen molar-refractivity contribution in [2.24, 2.45) is 5.14 Å². The van der Waals surface area contributed by atoms with Crippen LogP contribution < -0.4 is 10.5 Å². The lowest BCUT2D eigenvalue weighted by Crippen LogP contribution is -2.60. The van der Waals surface area contributed by atoms with Gasteiger partial charge in [0.05, 0.1) is 25.2 Å². The summed E-state index contributed by atoms with van der Waals surface area (Å²) < 4.78 is 41.1. The summed E-state index contributed by atoms with van der Waals surface area (Å²) in [6, 6.07) is 5.39. The van der Waals surface area contributed by atoms with Crippen molar-refractivity contribution in [1.82, 2.24) is 5.32 Å². The normalized spacial score (nSPS) is 14.1. The fourth-order valence-corrected chi connectivity index (χ4v) is 2.93. The highest BCUT2D eigenvalue weighted by Crippen LogP contribution is 2.13. The first-order chi connectivity index (χ1) is 11.8. The van der Waals surface area contributed by atoms with Crippen molar-refractivity contribution in [1.29, 1.82) is 0 Å². The molecule has 0 saturated carbocycles. The highest BCUT2D eigenvalue weighted by atomic mass is 32.2. The summed E-state index contributed by atoms with van der Waals surface area (Å²) in [4.78, 5) is 11.8. The van der Waals surface area contributed by atoms with Crippen molar-refractivity contribution < 1.29 is 31.3 Å². The fourth-order valence-electron chi connectivity index (χ4n) is 2.43. The molecule has 0 amide bonds. The van der Waals surface area contributed by atoms with Gasteiger partial charge in [-0.1, -0.05) is 12.1 Å². The number of nitrogens with two attached hydrogens (primary N) is 1. The summed E-state index contributed by atoms with van der Waals surface area (Å²) in [5.74, 6) is -1.57. The molecule has 0 bridgehead atoms. The van der Waals surface area contributed by atoms with Crippen molar-refractivity contribution in [3.8, 4) is 0 Å². The van der Waals surface area contributed by atoms with Crippen LogP contribution in [-0.2, 0) is 14.9 Å². The molecule has 1 aromatic carbocycles. The molecule has 0 radical (unpaired) electrons. The van der Waals surface area contributed by atoms with Gasteiger partial charge in [-0.15, -0.1) is 0 Å². The fraction of sp³-hybridized carbons (Fsp3) is 0.562. The highest BCUT2D eigenvalue weighted by molar-refractivity contribution is 7.83. The van der Waals surface area contributed by atoms with Gasteiger partial charge in [0, 0.05) is 6.54 Å². The SMILES string of the molecule is CC(C)(C[N+](C)(C)S(N)(=O)=O)NCC(O)COC(=O)c1ccccc1F. The van der Waals surface area contributed by atoms with E-state index >= 15 is 0 Å². The van der Waals surface area contributed by atoms with Crippen molar-refractivity contribution in [2.75, 3.05) is 33.8 Å². The van der Waals surface area contributed by atoms with E-state index in [9.17, 15) is 22.7 Å². The van der Waals surface area contributed by atoms with Crippen LogP contribution in [0.2, 0.25) is 0 Å². The number of quaternary nitrogens is 1. The van der Waals surface area contributed by atoms with Gasteiger partial charge in [-0.2, -0.15) is 13.6 Å². The van der Waals surface area contributed by atoms with E-state index in [0.29, 0.717) is 0 Å². The molecule has 4 N–H and O–H groups in total. The van der Waals surface area contributed by atoms with Crippen LogP contribution in [0.15, 0.2) is 24.3 Å². The third-order valence-electron chi connectivity index (χ3n) is 3.78. The summed E-state index contributed by atoms with van der Waals surface area (Å²) in [6.07, 6.45) is -1.05. The molecule has 0 spiro atoms. The Balaban J connectivity index is 2.52. The Morgan fingerprint density at radius 3 is 2.50 bits per heavy atom. The first kappa shape index (κ1) is 22.5. The van der Waals surface area contributed by atoms with E-state index < -0.39 is 37.5 Å². The second-order valence-electron chi connectivity index (χ2n) is 7.24. The van der Waals surface area contributed by atoms with Crippen molar-refractivity contribution >= 4 is 16.2 Å². The molecular formula is C16H27FN3O5S+. The average Bonchev–Trinajstić information content (AvgIpc) is 2.49. The van der Waals surface area contributed by atoms with Crippen LogP contribution in [0.1, 0.15) is 24.2 Å². The van der Waals surface area contributed by atoms with Crippen molar-refractivity contribution in [3.05, 3.63) is 35.6 Å². The number of carbonyl (C=O) groups is 1. The van der Waals surface area contributed by atoms with Gasteiger partial charge in [0.2, 0.25) is 0 Å². The maximum atomic E-state index is 13.5. The first-order valence-electron chi connectivity index (χ1n) is 7.96. The maximum absolute atomic E-state index is 13.5. The molecular weight excluding hydrogens is 365 g/mol. The zero-order valence-corrected chi connectivity index (χ0v) is 16.2. The number of nitrogens with zero attached hydrogens (tertiary/aromatic N) is 1. The second-order valence-corrected chi connectivity index (χ2v) is 9.26. The van der Waals surface area contributed by atoms with Gasteiger partial charge in [-0.3, -0.25) is 0 Å². The number of hydrogen-bond donors (Lipinski definition) is 3. The van der Waals surface area contributed by atoms with Crippen LogP contribution in [0.25, 0.3) is 0 Å². The monoisotopic (exact) mass is 392 g/mol. The molecule has 0 aliphatic carbocycles. The predicted molar refractivity (Wildman–Crippen MR) is 94.9 cm³/mol. The molecule has 0 heterocycles. The molecule has 0 aromatic heterocycles. The zero-order valence-electron chi connectivity index (χ0n) is 15.4. The number of nitrogens with one attached hydrogen (secondary N) is 1. The molecule has 26 heavy (non-hydrogen) atoms. The molecule has 10 heteroatoms. The molecule has 1 atom stereocenters. The molecule has 148 valence electrons. The Kier molecular flexibility index (Phi) is 7.25. The Morgan fingerprint density at radius 2 is 1.96 bits per heavy atom. The third-order valence-corrected chi connectivity index (χ3v) is 5.29. The highest BCUT2D eigenvalue weighted by Gasteiger charge is 2.36. The van der Waals surface area contributed by atoms with E-state index in [1.165, 1.54) is 32.3 Å². The molecule has 0 aliphatic heterocycles. The van der Waals surface area contributed by atoms with E-state index in [0.717, 1.165) is 6.07 Å². The Morgan fingerprint density at radius 1 is 1.38 bits per heavy atom.